The summed E-state index contributed by atoms with van der Waals surface area (Å²) < 4.78 is 1.87. The second-order valence-corrected chi connectivity index (χ2v) is 5.33. The van der Waals surface area contributed by atoms with Crippen molar-refractivity contribution in [3.63, 3.8) is 0 Å². The Morgan fingerprint density at radius 2 is 2.21 bits per heavy atom. The van der Waals surface area contributed by atoms with Gasteiger partial charge in [0, 0.05) is 17.8 Å². The number of thiocarbonyl (C=S) groups is 1. The highest BCUT2D eigenvalue weighted by atomic mass is 35.5. The lowest BCUT2D eigenvalue weighted by Crippen LogP contribution is -2.09. The highest BCUT2D eigenvalue weighted by molar-refractivity contribution is 7.80. The van der Waals surface area contributed by atoms with E-state index in [0.717, 1.165) is 16.9 Å². The van der Waals surface area contributed by atoms with Gasteiger partial charge >= 0.3 is 0 Å². The third-order valence-corrected chi connectivity index (χ3v) is 3.21. The SMILES string of the molecule is CC(C)n1cc(Nc2ccc(C(N)=S)cc2Cl)cn1. The summed E-state index contributed by atoms with van der Waals surface area (Å²) in [6.45, 7) is 4.14. The molecule has 1 heterocycles. The summed E-state index contributed by atoms with van der Waals surface area (Å²) in [4.78, 5) is 0.334. The molecule has 4 nitrogen and oxygen atoms in total. The molecular formula is C13H15ClN4S. The van der Waals surface area contributed by atoms with E-state index in [-0.39, 0.29) is 0 Å². The van der Waals surface area contributed by atoms with E-state index in [1.54, 1.807) is 12.3 Å². The van der Waals surface area contributed by atoms with Gasteiger partial charge in [-0.3, -0.25) is 4.68 Å². The average molecular weight is 295 g/mol. The molecule has 100 valence electrons. The van der Waals surface area contributed by atoms with Gasteiger partial charge in [-0.15, -0.1) is 0 Å². The Bertz CT molecular complexity index is 606. The van der Waals surface area contributed by atoms with E-state index in [1.807, 2.05) is 23.0 Å². The molecule has 0 saturated heterocycles. The molecule has 0 saturated carbocycles. The molecule has 0 radical (unpaired) electrons. The van der Waals surface area contributed by atoms with Crippen LogP contribution in [0.5, 0.6) is 0 Å². The molecule has 0 atom stereocenters. The van der Waals surface area contributed by atoms with Gasteiger partial charge in [-0.2, -0.15) is 5.10 Å². The lowest BCUT2D eigenvalue weighted by atomic mass is 10.2. The van der Waals surface area contributed by atoms with Crippen molar-refractivity contribution in [2.75, 3.05) is 5.32 Å². The van der Waals surface area contributed by atoms with Crippen molar-refractivity contribution in [2.45, 2.75) is 19.9 Å². The largest absolute Gasteiger partial charge is 0.389 e. The zero-order valence-corrected chi connectivity index (χ0v) is 12.3. The minimum absolute atomic E-state index is 0.322. The van der Waals surface area contributed by atoms with Gasteiger partial charge in [0.2, 0.25) is 0 Å². The quantitative estimate of drug-likeness (QED) is 0.848. The zero-order chi connectivity index (χ0) is 14.0. The summed E-state index contributed by atoms with van der Waals surface area (Å²) in [5.74, 6) is 0. The second-order valence-electron chi connectivity index (χ2n) is 4.49. The van der Waals surface area contributed by atoms with Crippen LogP contribution in [0.3, 0.4) is 0 Å². The van der Waals surface area contributed by atoms with Crippen LogP contribution in [0.2, 0.25) is 5.02 Å². The number of nitrogens with one attached hydrogen (secondary N) is 1. The summed E-state index contributed by atoms with van der Waals surface area (Å²) in [5.41, 5.74) is 8.00. The Hall–Kier alpha value is -1.59. The molecular weight excluding hydrogens is 280 g/mol. The standard InChI is InChI=1S/C13H15ClN4S/c1-8(2)18-7-10(6-16-18)17-12-4-3-9(13(15)19)5-11(12)14/h3-8,17H,1-2H3,(H2,15,19). The molecule has 0 amide bonds. The molecule has 1 aromatic carbocycles. The summed E-state index contributed by atoms with van der Waals surface area (Å²) in [5, 5.41) is 8.04. The van der Waals surface area contributed by atoms with Crippen LogP contribution in [-0.4, -0.2) is 14.8 Å². The van der Waals surface area contributed by atoms with E-state index in [1.165, 1.54) is 0 Å². The third-order valence-electron chi connectivity index (χ3n) is 2.66. The predicted molar refractivity (Wildman–Crippen MR) is 83.2 cm³/mol. The van der Waals surface area contributed by atoms with Crippen molar-refractivity contribution >= 4 is 40.2 Å². The Morgan fingerprint density at radius 1 is 1.47 bits per heavy atom. The number of rotatable bonds is 4. The number of anilines is 2. The Kier molecular flexibility index (Phi) is 4.07. The van der Waals surface area contributed by atoms with Crippen LogP contribution >= 0.6 is 23.8 Å². The first-order valence-corrected chi connectivity index (χ1v) is 6.66. The van der Waals surface area contributed by atoms with Gasteiger partial charge in [0.15, 0.2) is 0 Å². The maximum absolute atomic E-state index is 6.19. The summed E-state index contributed by atoms with van der Waals surface area (Å²) in [7, 11) is 0. The van der Waals surface area contributed by atoms with Crippen molar-refractivity contribution < 1.29 is 0 Å². The molecule has 0 spiro atoms. The number of hydrogen-bond donors (Lipinski definition) is 2. The van der Waals surface area contributed by atoms with Gasteiger partial charge in [0.1, 0.15) is 4.99 Å². The van der Waals surface area contributed by atoms with Gasteiger partial charge in [-0.05, 0) is 32.0 Å². The molecule has 2 rings (SSSR count). The van der Waals surface area contributed by atoms with Crippen LogP contribution in [0.1, 0.15) is 25.5 Å². The molecule has 2 aromatic rings. The van der Waals surface area contributed by atoms with Crippen molar-refractivity contribution in [3.8, 4) is 0 Å². The first-order chi connectivity index (χ1) is 8.97. The van der Waals surface area contributed by atoms with Gasteiger partial charge in [0.05, 0.1) is 22.6 Å². The molecule has 6 heteroatoms. The van der Waals surface area contributed by atoms with Crippen molar-refractivity contribution in [3.05, 3.63) is 41.2 Å². The molecule has 0 unspecified atom stereocenters. The van der Waals surface area contributed by atoms with Crippen LogP contribution in [0, 0.1) is 0 Å². The maximum atomic E-state index is 6.19. The van der Waals surface area contributed by atoms with Crippen LogP contribution in [-0.2, 0) is 0 Å². The molecule has 0 aliphatic heterocycles. The number of halogens is 1. The average Bonchev–Trinajstić information content (AvgIpc) is 2.80. The minimum Gasteiger partial charge on any atom is -0.389 e. The fraction of sp³-hybridized carbons (Fsp3) is 0.231. The van der Waals surface area contributed by atoms with Gasteiger partial charge < -0.3 is 11.1 Å². The fourth-order valence-corrected chi connectivity index (χ4v) is 1.96. The Morgan fingerprint density at radius 3 is 2.74 bits per heavy atom. The maximum Gasteiger partial charge on any atom is 0.104 e. The van der Waals surface area contributed by atoms with Crippen LogP contribution in [0.25, 0.3) is 0 Å². The first-order valence-electron chi connectivity index (χ1n) is 5.88. The zero-order valence-electron chi connectivity index (χ0n) is 10.7. The second kappa shape index (κ2) is 5.59. The van der Waals surface area contributed by atoms with E-state index in [9.17, 15) is 0 Å². The topological polar surface area (TPSA) is 55.9 Å². The monoisotopic (exact) mass is 294 g/mol. The molecule has 0 aliphatic rings. The van der Waals surface area contributed by atoms with Gasteiger partial charge in [-0.25, -0.2) is 0 Å². The smallest absolute Gasteiger partial charge is 0.104 e. The summed E-state index contributed by atoms with van der Waals surface area (Å²) in [6.07, 6.45) is 3.69. The first kappa shape index (κ1) is 13.8. The highest BCUT2D eigenvalue weighted by Gasteiger charge is 2.06. The summed E-state index contributed by atoms with van der Waals surface area (Å²) in [6, 6.07) is 5.76. The van der Waals surface area contributed by atoms with Crippen molar-refractivity contribution in [1.82, 2.24) is 9.78 Å². The van der Waals surface area contributed by atoms with E-state index < -0.39 is 0 Å². The Labute approximate surface area is 122 Å². The number of hydrogen-bond acceptors (Lipinski definition) is 3. The van der Waals surface area contributed by atoms with Crippen LogP contribution in [0.4, 0.5) is 11.4 Å². The lowest BCUT2D eigenvalue weighted by molar-refractivity contribution is 0.532. The van der Waals surface area contributed by atoms with E-state index >= 15 is 0 Å². The Balaban J connectivity index is 2.20. The van der Waals surface area contributed by atoms with Crippen LogP contribution < -0.4 is 11.1 Å². The minimum atomic E-state index is 0.322. The van der Waals surface area contributed by atoms with E-state index in [4.69, 9.17) is 29.6 Å². The van der Waals surface area contributed by atoms with Crippen molar-refractivity contribution in [1.29, 1.82) is 0 Å². The third kappa shape index (κ3) is 3.24. The van der Waals surface area contributed by atoms with Crippen LogP contribution in [0.15, 0.2) is 30.6 Å². The normalized spacial score (nSPS) is 10.7. The van der Waals surface area contributed by atoms with Gasteiger partial charge in [0.25, 0.3) is 0 Å². The molecule has 1 aromatic heterocycles. The predicted octanol–water partition coefficient (Wildman–Crippen LogP) is 3.50. The number of aromatic nitrogens is 2. The number of nitrogens with two attached hydrogens (primary N) is 1. The highest BCUT2D eigenvalue weighted by Crippen LogP contribution is 2.26. The van der Waals surface area contributed by atoms with Crippen molar-refractivity contribution in [2.24, 2.45) is 5.73 Å². The molecule has 0 aliphatic carbocycles. The molecule has 0 fully saturated rings. The lowest BCUT2D eigenvalue weighted by Gasteiger charge is -2.08. The van der Waals surface area contributed by atoms with E-state index in [2.05, 4.69) is 24.3 Å². The van der Waals surface area contributed by atoms with Gasteiger partial charge in [-0.1, -0.05) is 23.8 Å². The fourth-order valence-electron chi connectivity index (χ4n) is 1.61. The molecule has 3 N–H and O–H groups in total. The number of nitrogens with zero attached hydrogens (tertiary/aromatic N) is 2. The molecule has 19 heavy (non-hydrogen) atoms. The molecule has 0 bridgehead atoms. The van der Waals surface area contributed by atoms with E-state index in [0.29, 0.717) is 16.1 Å². The summed E-state index contributed by atoms with van der Waals surface area (Å²) >= 11 is 11.1. The number of benzene rings is 1.